The summed E-state index contributed by atoms with van der Waals surface area (Å²) in [5, 5.41) is 14.6. The number of amides is 2. The van der Waals surface area contributed by atoms with Gasteiger partial charge in [0.1, 0.15) is 12.7 Å². The summed E-state index contributed by atoms with van der Waals surface area (Å²) in [7, 11) is 1.75. The Kier molecular flexibility index (Phi) is 7.61. The number of rotatable bonds is 7. The molecule has 1 aliphatic heterocycles. The Morgan fingerprint density at radius 1 is 1.03 bits per heavy atom. The van der Waals surface area contributed by atoms with E-state index in [1.807, 2.05) is 0 Å². The number of alkyl halides is 3. The van der Waals surface area contributed by atoms with Gasteiger partial charge in [-0.05, 0) is 67.9 Å². The highest BCUT2D eigenvalue weighted by Crippen LogP contribution is 2.34. The van der Waals surface area contributed by atoms with Gasteiger partial charge in [0, 0.05) is 36.7 Å². The van der Waals surface area contributed by atoms with E-state index in [1.165, 1.54) is 18.5 Å². The van der Waals surface area contributed by atoms with Crippen molar-refractivity contribution >= 4 is 34.4 Å². The molecule has 39 heavy (non-hydrogen) atoms. The molecule has 0 unspecified atom stereocenters. The fourth-order valence-electron chi connectivity index (χ4n) is 4.56. The quantitative estimate of drug-likeness (QED) is 0.237. The predicted molar refractivity (Wildman–Crippen MR) is 143 cm³/mol. The number of hydrogen-bond acceptors (Lipinski definition) is 7. The maximum atomic E-state index is 13.8. The van der Waals surface area contributed by atoms with Gasteiger partial charge in [0.15, 0.2) is 17.0 Å². The third kappa shape index (κ3) is 6.10. The van der Waals surface area contributed by atoms with E-state index < -0.39 is 17.8 Å². The van der Waals surface area contributed by atoms with E-state index in [4.69, 9.17) is 0 Å². The van der Waals surface area contributed by atoms with Gasteiger partial charge in [-0.3, -0.25) is 4.57 Å². The molecule has 1 fully saturated rings. The zero-order valence-corrected chi connectivity index (χ0v) is 21.1. The second kappa shape index (κ2) is 11.3. The average Bonchev–Trinajstić information content (AvgIpc) is 3.37. The number of carbonyl (C=O) groups excluding carboxylic acids is 1. The lowest BCUT2D eigenvalue weighted by Crippen LogP contribution is -2.39. The van der Waals surface area contributed by atoms with Gasteiger partial charge in [-0.15, -0.1) is 0 Å². The van der Waals surface area contributed by atoms with Crippen molar-refractivity contribution < 1.29 is 18.0 Å². The molecule has 0 atom stereocenters. The van der Waals surface area contributed by atoms with Crippen molar-refractivity contribution in [2.45, 2.75) is 31.6 Å². The molecule has 0 saturated carbocycles. The first-order valence-electron chi connectivity index (χ1n) is 12.5. The molecule has 2 aromatic carbocycles. The van der Waals surface area contributed by atoms with Gasteiger partial charge >= 0.3 is 12.2 Å². The van der Waals surface area contributed by atoms with Crippen molar-refractivity contribution in [2.75, 3.05) is 36.1 Å². The molecule has 0 aliphatic carbocycles. The first kappa shape index (κ1) is 26.4. The van der Waals surface area contributed by atoms with Crippen molar-refractivity contribution in [1.82, 2.24) is 30.2 Å². The largest absolute Gasteiger partial charge is 0.416 e. The molecule has 0 radical (unpaired) electrons. The van der Waals surface area contributed by atoms with Gasteiger partial charge in [0.05, 0.1) is 5.56 Å². The minimum atomic E-state index is -4.55. The van der Waals surface area contributed by atoms with E-state index >= 15 is 0 Å². The summed E-state index contributed by atoms with van der Waals surface area (Å²) in [6.07, 6.45) is 0.248. The van der Waals surface area contributed by atoms with Crippen molar-refractivity contribution in [3.05, 3.63) is 66.2 Å². The Hall–Kier alpha value is -4.23. The molecular weight excluding hydrogens is 511 g/mol. The van der Waals surface area contributed by atoms with Crippen LogP contribution in [0.15, 0.2) is 55.1 Å². The second-order valence-corrected chi connectivity index (χ2v) is 9.16. The van der Waals surface area contributed by atoms with Crippen LogP contribution in [0.2, 0.25) is 0 Å². The lowest BCUT2D eigenvalue weighted by atomic mass is 10.0. The van der Waals surface area contributed by atoms with Crippen molar-refractivity contribution in [1.29, 1.82) is 0 Å². The SMILES string of the molecule is CNc1ncnc2c1ncn2-c1ccc(NC(=O)Nc2ccc(CNC3CCNCC3)c(C(F)(F)F)c2)cc1. The maximum absolute atomic E-state index is 13.8. The summed E-state index contributed by atoms with van der Waals surface area (Å²) in [6, 6.07) is 10.3. The van der Waals surface area contributed by atoms with E-state index in [0.29, 0.717) is 22.7 Å². The third-order valence-electron chi connectivity index (χ3n) is 6.57. The van der Waals surface area contributed by atoms with Gasteiger partial charge in [-0.1, -0.05) is 6.07 Å². The molecular formula is C26H28F3N9O. The van der Waals surface area contributed by atoms with Crippen molar-refractivity contribution in [3.8, 4) is 5.69 Å². The minimum Gasteiger partial charge on any atom is -0.371 e. The molecule has 2 aromatic heterocycles. The first-order valence-corrected chi connectivity index (χ1v) is 12.5. The van der Waals surface area contributed by atoms with E-state index in [2.05, 4.69) is 41.5 Å². The van der Waals surface area contributed by atoms with Crippen LogP contribution in [-0.2, 0) is 12.7 Å². The number of anilines is 3. The summed E-state index contributed by atoms with van der Waals surface area (Å²) in [6.45, 7) is 1.79. The zero-order valence-electron chi connectivity index (χ0n) is 21.1. The van der Waals surface area contributed by atoms with Crippen molar-refractivity contribution in [2.24, 2.45) is 0 Å². The van der Waals surface area contributed by atoms with Crippen LogP contribution in [0.3, 0.4) is 0 Å². The van der Waals surface area contributed by atoms with Crippen LogP contribution < -0.4 is 26.6 Å². The lowest BCUT2D eigenvalue weighted by molar-refractivity contribution is -0.138. The molecule has 5 N–H and O–H groups in total. The van der Waals surface area contributed by atoms with Gasteiger partial charge in [0.2, 0.25) is 0 Å². The Balaban J connectivity index is 1.24. The smallest absolute Gasteiger partial charge is 0.371 e. The van der Waals surface area contributed by atoms with E-state index in [1.54, 1.807) is 42.2 Å². The monoisotopic (exact) mass is 539 g/mol. The van der Waals surface area contributed by atoms with Crippen LogP contribution in [0.1, 0.15) is 24.0 Å². The van der Waals surface area contributed by atoms with E-state index in [0.717, 1.165) is 37.7 Å². The molecule has 204 valence electrons. The minimum absolute atomic E-state index is 0.0481. The van der Waals surface area contributed by atoms with Crippen LogP contribution in [0, 0.1) is 0 Å². The molecule has 5 rings (SSSR count). The molecule has 4 aromatic rings. The average molecular weight is 540 g/mol. The number of carbonyl (C=O) groups is 1. The number of urea groups is 1. The molecule has 1 saturated heterocycles. The van der Waals surface area contributed by atoms with Crippen LogP contribution in [-0.4, -0.2) is 51.7 Å². The van der Waals surface area contributed by atoms with Crippen LogP contribution in [0.4, 0.5) is 35.2 Å². The Morgan fingerprint density at radius 2 is 1.74 bits per heavy atom. The number of halogens is 3. The highest BCUT2D eigenvalue weighted by Gasteiger charge is 2.33. The fourth-order valence-corrected chi connectivity index (χ4v) is 4.56. The van der Waals surface area contributed by atoms with Crippen LogP contribution >= 0.6 is 0 Å². The second-order valence-electron chi connectivity index (χ2n) is 9.16. The number of benzene rings is 2. The van der Waals surface area contributed by atoms with E-state index in [9.17, 15) is 18.0 Å². The molecule has 0 spiro atoms. The number of aromatic nitrogens is 4. The molecule has 0 bridgehead atoms. The Bertz CT molecular complexity index is 1450. The van der Waals surface area contributed by atoms with Gasteiger partial charge in [-0.25, -0.2) is 19.7 Å². The maximum Gasteiger partial charge on any atom is 0.416 e. The van der Waals surface area contributed by atoms with Gasteiger partial charge in [0.25, 0.3) is 0 Å². The van der Waals surface area contributed by atoms with Crippen LogP contribution in [0.5, 0.6) is 0 Å². The third-order valence-corrected chi connectivity index (χ3v) is 6.57. The van der Waals surface area contributed by atoms with Gasteiger partial charge < -0.3 is 26.6 Å². The molecule has 2 amide bonds. The number of nitrogens with zero attached hydrogens (tertiary/aromatic N) is 4. The number of hydrogen-bond donors (Lipinski definition) is 5. The topological polar surface area (TPSA) is 121 Å². The summed E-state index contributed by atoms with van der Waals surface area (Å²) in [5.41, 5.74) is 1.87. The summed E-state index contributed by atoms with van der Waals surface area (Å²) in [4.78, 5) is 25.4. The van der Waals surface area contributed by atoms with Gasteiger partial charge in [-0.2, -0.15) is 13.2 Å². The number of piperidine rings is 1. The lowest BCUT2D eigenvalue weighted by Gasteiger charge is -2.24. The number of fused-ring (bicyclic) bond motifs is 1. The fraction of sp³-hybridized carbons (Fsp3) is 0.308. The standard InChI is InChI=1S/C26H28F3N9O/c1-30-23-22-24(34-14-33-23)38(15-35-22)20-6-4-18(5-7-20)36-25(39)37-19-3-2-16(21(12-19)26(27,28)29)13-32-17-8-10-31-11-9-17/h2-7,12,14-15,17,31-32H,8-11,13H2,1H3,(H,30,33,34)(H2,36,37,39). The van der Waals surface area contributed by atoms with Crippen LogP contribution in [0.25, 0.3) is 16.9 Å². The number of nitrogens with one attached hydrogen (secondary N) is 5. The summed E-state index contributed by atoms with van der Waals surface area (Å²) >= 11 is 0. The molecule has 13 heteroatoms. The zero-order chi connectivity index (χ0) is 27.4. The molecule has 10 nitrogen and oxygen atoms in total. The normalized spacial score (nSPS) is 14.4. The molecule has 1 aliphatic rings. The number of imidazole rings is 1. The van der Waals surface area contributed by atoms with E-state index in [-0.39, 0.29) is 23.8 Å². The van der Waals surface area contributed by atoms with Crippen molar-refractivity contribution in [3.63, 3.8) is 0 Å². The first-order chi connectivity index (χ1) is 18.8. The Labute approximate surface area is 222 Å². The summed E-state index contributed by atoms with van der Waals surface area (Å²) in [5.74, 6) is 0.605. The molecule has 3 heterocycles. The highest BCUT2D eigenvalue weighted by molar-refractivity contribution is 5.99. The predicted octanol–water partition coefficient (Wildman–Crippen LogP) is 4.36. The summed E-state index contributed by atoms with van der Waals surface area (Å²) < 4.78 is 43.1. The Morgan fingerprint density at radius 3 is 2.46 bits per heavy atom. The highest BCUT2D eigenvalue weighted by atomic mass is 19.4.